The normalized spacial score (nSPS) is 25.2. The Morgan fingerprint density at radius 2 is 1.69 bits per heavy atom. The summed E-state index contributed by atoms with van der Waals surface area (Å²) in [7, 11) is 0. The molecule has 16 heavy (non-hydrogen) atoms. The summed E-state index contributed by atoms with van der Waals surface area (Å²) in [6, 6.07) is 0. The van der Waals surface area contributed by atoms with Crippen LogP contribution in [0.25, 0.3) is 0 Å². The van der Waals surface area contributed by atoms with E-state index in [-0.39, 0.29) is 5.78 Å². The molecule has 1 aliphatic carbocycles. The molecule has 90 valence electrons. The lowest BCUT2D eigenvalue weighted by Gasteiger charge is -2.29. The second-order valence-electron chi connectivity index (χ2n) is 5.02. The molecule has 0 atom stereocenters. The fourth-order valence-corrected chi connectivity index (χ4v) is 2.60. The highest BCUT2D eigenvalue weighted by atomic mass is 16.3. The summed E-state index contributed by atoms with van der Waals surface area (Å²) in [5, 5.41) is 10.2. The van der Waals surface area contributed by atoms with E-state index >= 15 is 0 Å². The zero-order valence-electron chi connectivity index (χ0n) is 9.82. The third-order valence-electron chi connectivity index (χ3n) is 3.72. The first kappa shape index (κ1) is 11.6. The van der Waals surface area contributed by atoms with E-state index in [0.717, 1.165) is 32.4 Å². The molecule has 1 aliphatic heterocycles. The van der Waals surface area contributed by atoms with Gasteiger partial charge in [-0.1, -0.05) is 19.3 Å². The third-order valence-corrected chi connectivity index (χ3v) is 3.72. The number of carbonyl (C=O) groups is 1. The smallest absolute Gasteiger partial charge is 0.188 e. The number of carbonyl (C=O) groups excluding carboxylic acids is 1. The van der Waals surface area contributed by atoms with Gasteiger partial charge in [-0.2, -0.15) is 0 Å². The number of hydrogen-bond donors (Lipinski definition) is 1. The van der Waals surface area contributed by atoms with E-state index in [0.29, 0.717) is 12.8 Å². The molecular formula is C13H21NO2. The van der Waals surface area contributed by atoms with Crippen molar-refractivity contribution in [1.29, 1.82) is 0 Å². The minimum absolute atomic E-state index is 0.0981. The molecule has 3 heteroatoms. The summed E-state index contributed by atoms with van der Waals surface area (Å²) < 4.78 is 0. The molecule has 1 saturated carbocycles. The van der Waals surface area contributed by atoms with Crippen molar-refractivity contribution in [3.63, 3.8) is 0 Å². The SMILES string of the molecule is O=C(C=CN1CCCC1)C1(O)CCCCC1. The lowest BCUT2D eigenvalue weighted by molar-refractivity contribution is -0.135. The Labute approximate surface area is 97.1 Å². The lowest BCUT2D eigenvalue weighted by atomic mass is 9.82. The Bertz CT molecular complexity index is 274. The van der Waals surface area contributed by atoms with Gasteiger partial charge in [-0.15, -0.1) is 0 Å². The fraction of sp³-hybridized carbons (Fsp3) is 0.769. The van der Waals surface area contributed by atoms with Gasteiger partial charge in [0, 0.05) is 25.4 Å². The molecule has 2 rings (SSSR count). The van der Waals surface area contributed by atoms with E-state index in [1.54, 1.807) is 6.08 Å². The molecule has 0 bridgehead atoms. The Kier molecular flexibility index (Phi) is 3.64. The van der Waals surface area contributed by atoms with Gasteiger partial charge < -0.3 is 10.0 Å². The quantitative estimate of drug-likeness (QED) is 0.742. The molecule has 0 radical (unpaired) electrons. The van der Waals surface area contributed by atoms with Crippen LogP contribution in [0.5, 0.6) is 0 Å². The predicted octanol–water partition coefficient (Wildman–Crippen LogP) is 1.86. The second kappa shape index (κ2) is 5.00. The van der Waals surface area contributed by atoms with Gasteiger partial charge in [0.05, 0.1) is 0 Å². The standard InChI is InChI=1S/C13H21NO2/c15-12(6-11-14-9-4-5-10-14)13(16)7-2-1-3-8-13/h6,11,16H,1-5,7-10H2. The van der Waals surface area contributed by atoms with Gasteiger partial charge in [0.1, 0.15) is 5.60 Å². The van der Waals surface area contributed by atoms with Crippen molar-refractivity contribution in [1.82, 2.24) is 4.90 Å². The average Bonchev–Trinajstić information content (AvgIpc) is 2.79. The van der Waals surface area contributed by atoms with Crippen LogP contribution in [0, 0.1) is 0 Å². The Balaban J connectivity index is 1.90. The molecule has 0 aromatic rings. The van der Waals surface area contributed by atoms with Gasteiger partial charge >= 0.3 is 0 Å². The number of likely N-dealkylation sites (tertiary alicyclic amines) is 1. The maximum Gasteiger partial charge on any atom is 0.188 e. The average molecular weight is 223 g/mol. The first-order valence-corrected chi connectivity index (χ1v) is 6.40. The summed E-state index contributed by atoms with van der Waals surface area (Å²) >= 11 is 0. The van der Waals surface area contributed by atoms with Crippen molar-refractivity contribution in [2.45, 2.75) is 50.5 Å². The van der Waals surface area contributed by atoms with Crippen LogP contribution in [0.4, 0.5) is 0 Å². The molecule has 0 amide bonds. The predicted molar refractivity (Wildman–Crippen MR) is 63.0 cm³/mol. The number of aliphatic hydroxyl groups is 1. The topological polar surface area (TPSA) is 40.5 Å². The van der Waals surface area contributed by atoms with Crippen LogP contribution >= 0.6 is 0 Å². The van der Waals surface area contributed by atoms with Crippen LogP contribution in [-0.2, 0) is 4.79 Å². The molecule has 1 N–H and O–H groups in total. The Hall–Kier alpha value is -0.830. The molecule has 0 aromatic carbocycles. The van der Waals surface area contributed by atoms with E-state index in [4.69, 9.17) is 0 Å². The number of hydrogen-bond acceptors (Lipinski definition) is 3. The van der Waals surface area contributed by atoms with Gasteiger partial charge in [-0.25, -0.2) is 0 Å². The molecule has 2 fully saturated rings. The minimum Gasteiger partial charge on any atom is -0.382 e. The molecule has 2 aliphatic rings. The largest absolute Gasteiger partial charge is 0.382 e. The third kappa shape index (κ3) is 2.64. The highest BCUT2D eigenvalue weighted by Crippen LogP contribution is 2.29. The van der Waals surface area contributed by atoms with Crippen LogP contribution in [0.1, 0.15) is 44.9 Å². The maximum absolute atomic E-state index is 11.9. The van der Waals surface area contributed by atoms with E-state index in [1.807, 2.05) is 6.20 Å². The van der Waals surface area contributed by atoms with Gasteiger partial charge in [0.25, 0.3) is 0 Å². The Morgan fingerprint density at radius 1 is 1.06 bits per heavy atom. The summed E-state index contributed by atoms with van der Waals surface area (Å²) in [5.74, 6) is -0.0981. The van der Waals surface area contributed by atoms with Crippen molar-refractivity contribution in [2.75, 3.05) is 13.1 Å². The van der Waals surface area contributed by atoms with Gasteiger partial charge in [0.2, 0.25) is 0 Å². The van der Waals surface area contributed by atoms with E-state index in [1.165, 1.54) is 12.8 Å². The monoisotopic (exact) mass is 223 g/mol. The van der Waals surface area contributed by atoms with E-state index in [9.17, 15) is 9.90 Å². The molecule has 3 nitrogen and oxygen atoms in total. The molecule has 1 saturated heterocycles. The van der Waals surface area contributed by atoms with E-state index < -0.39 is 5.60 Å². The highest BCUT2D eigenvalue weighted by Gasteiger charge is 2.35. The lowest BCUT2D eigenvalue weighted by Crippen LogP contribution is -2.39. The van der Waals surface area contributed by atoms with Gasteiger partial charge in [-0.3, -0.25) is 4.79 Å². The van der Waals surface area contributed by atoms with Crippen molar-refractivity contribution in [2.24, 2.45) is 0 Å². The van der Waals surface area contributed by atoms with E-state index in [2.05, 4.69) is 4.90 Å². The number of nitrogens with zero attached hydrogens (tertiary/aromatic N) is 1. The van der Waals surface area contributed by atoms with Crippen LogP contribution in [0.3, 0.4) is 0 Å². The molecule has 0 aromatic heterocycles. The Morgan fingerprint density at radius 3 is 2.31 bits per heavy atom. The molecule has 0 unspecified atom stereocenters. The van der Waals surface area contributed by atoms with Crippen molar-refractivity contribution >= 4 is 5.78 Å². The summed E-state index contributed by atoms with van der Waals surface area (Å²) in [6.45, 7) is 2.09. The van der Waals surface area contributed by atoms with Crippen LogP contribution in [0.15, 0.2) is 12.3 Å². The first-order chi connectivity index (χ1) is 7.71. The van der Waals surface area contributed by atoms with Crippen molar-refractivity contribution < 1.29 is 9.90 Å². The molecule has 0 spiro atoms. The summed E-state index contributed by atoms with van der Waals surface area (Å²) in [4.78, 5) is 14.1. The van der Waals surface area contributed by atoms with Crippen molar-refractivity contribution in [3.8, 4) is 0 Å². The van der Waals surface area contributed by atoms with Crippen molar-refractivity contribution in [3.05, 3.63) is 12.3 Å². The number of ketones is 1. The van der Waals surface area contributed by atoms with Gasteiger partial charge in [-0.05, 0) is 25.7 Å². The summed E-state index contributed by atoms with van der Waals surface area (Å²) in [5.41, 5.74) is -1.06. The highest BCUT2D eigenvalue weighted by molar-refractivity contribution is 5.96. The maximum atomic E-state index is 11.9. The number of rotatable bonds is 3. The van der Waals surface area contributed by atoms with Crippen LogP contribution < -0.4 is 0 Å². The minimum atomic E-state index is -1.06. The fourth-order valence-electron chi connectivity index (χ4n) is 2.60. The molecular weight excluding hydrogens is 202 g/mol. The van der Waals surface area contributed by atoms with Gasteiger partial charge in [0.15, 0.2) is 5.78 Å². The summed E-state index contributed by atoms with van der Waals surface area (Å²) in [6.07, 6.45) is 10.2. The second-order valence-corrected chi connectivity index (χ2v) is 5.02. The zero-order valence-corrected chi connectivity index (χ0v) is 9.82. The zero-order chi connectivity index (χ0) is 11.4. The van der Waals surface area contributed by atoms with Crippen LogP contribution in [-0.4, -0.2) is 34.5 Å². The molecule has 1 heterocycles. The van der Waals surface area contributed by atoms with Crippen LogP contribution in [0.2, 0.25) is 0 Å². The first-order valence-electron chi connectivity index (χ1n) is 6.40.